The van der Waals surface area contributed by atoms with Crippen molar-refractivity contribution in [2.75, 3.05) is 7.11 Å². The number of hydrogen-bond acceptors (Lipinski definition) is 10. The second-order valence-electron chi connectivity index (χ2n) is 12.9. The molecule has 6 fully saturated rings. The Bertz CT molecular complexity index is 1240. The third kappa shape index (κ3) is 2.08. The van der Waals surface area contributed by atoms with Crippen molar-refractivity contribution >= 4 is 17.7 Å². The molecule has 12 unspecified atom stereocenters. The minimum absolute atomic E-state index is 0.0280. The topological polar surface area (TPSA) is 153 Å². The molecule has 1 aromatic heterocycles. The van der Waals surface area contributed by atoms with E-state index in [1.54, 1.807) is 19.9 Å². The highest BCUT2D eigenvalue weighted by molar-refractivity contribution is 5.94. The predicted molar refractivity (Wildman–Crippen MR) is 121 cm³/mol. The highest BCUT2D eigenvalue weighted by Gasteiger charge is 2.95. The zero-order valence-corrected chi connectivity index (χ0v) is 21.2. The lowest BCUT2D eigenvalue weighted by molar-refractivity contribution is -0.295. The van der Waals surface area contributed by atoms with Crippen molar-refractivity contribution in [3.63, 3.8) is 0 Å². The van der Waals surface area contributed by atoms with Gasteiger partial charge in [-0.3, -0.25) is 9.59 Å². The lowest BCUT2D eigenvalue weighted by atomic mass is 9.45. The number of cyclic esters (lactones) is 1. The normalized spacial score (nSPS) is 55.6. The van der Waals surface area contributed by atoms with Crippen LogP contribution in [0.1, 0.15) is 58.1 Å². The van der Waals surface area contributed by atoms with Gasteiger partial charge in [-0.25, -0.2) is 4.79 Å². The molecule has 0 radical (unpaired) electrons. The van der Waals surface area contributed by atoms with Crippen molar-refractivity contribution in [3.05, 3.63) is 24.2 Å². The average Bonchev–Trinajstić information content (AvgIpc) is 3.52. The molecule has 200 valence electrons. The summed E-state index contributed by atoms with van der Waals surface area (Å²) >= 11 is 0. The van der Waals surface area contributed by atoms with E-state index in [9.17, 15) is 29.7 Å². The van der Waals surface area contributed by atoms with Gasteiger partial charge >= 0.3 is 11.9 Å². The van der Waals surface area contributed by atoms with Crippen LogP contribution in [0.5, 0.6) is 0 Å². The van der Waals surface area contributed by atoms with Gasteiger partial charge in [-0.05, 0) is 31.2 Å². The smallest absolute Gasteiger partial charge is 0.335 e. The Morgan fingerprint density at radius 1 is 1.22 bits per heavy atom. The maximum atomic E-state index is 14.2. The molecular formula is C27H32O10. The Morgan fingerprint density at radius 3 is 2.59 bits per heavy atom. The van der Waals surface area contributed by atoms with Crippen molar-refractivity contribution < 1.29 is 48.3 Å². The largest absolute Gasteiger partial charge is 0.472 e. The minimum atomic E-state index is -1.79. The zero-order chi connectivity index (χ0) is 26.6. The Hall–Kier alpha value is -2.27. The fourth-order valence-corrected chi connectivity index (χ4v) is 10.7. The van der Waals surface area contributed by atoms with Crippen molar-refractivity contribution in [3.8, 4) is 0 Å². The SMILES string of the molecule is COC(=O)C(O)C1C2(C)CC3(O)C4C(OC56CC(=O)OC(c7ccoc7)C5(C)CCC(C13C)C46O)C2=O. The van der Waals surface area contributed by atoms with Gasteiger partial charge in [0.05, 0.1) is 37.6 Å². The van der Waals surface area contributed by atoms with Crippen LogP contribution < -0.4 is 0 Å². The molecule has 2 aliphatic heterocycles. The van der Waals surface area contributed by atoms with Crippen LogP contribution in [0, 0.1) is 34.0 Å². The number of rotatable bonds is 3. The average molecular weight is 517 g/mol. The van der Waals surface area contributed by atoms with E-state index in [0.29, 0.717) is 18.4 Å². The van der Waals surface area contributed by atoms with Gasteiger partial charge in [-0.15, -0.1) is 0 Å². The van der Waals surface area contributed by atoms with Gasteiger partial charge < -0.3 is 33.9 Å². The van der Waals surface area contributed by atoms with Gasteiger partial charge in [-0.2, -0.15) is 0 Å². The second-order valence-corrected chi connectivity index (χ2v) is 12.9. The molecule has 37 heavy (non-hydrogen) atoms. The summed E-state index contributed by atoms with van der Waals surface area (Å²) in [6.07, 6.45) is -0.164. The molecule has 0 amide bonds. The standard InChI is InChI=1S/C27H32O10/c1-22-11-25(32)18-16(19(22)30)37-26-9-14(28)36-20(12-6-8-35-10-12)23(26,2)7-5-13(27(18,26)33)24(25,3)17(22)15(29)21(31)34-4/h6,8,10,13,15-18,20,29,32-33H,5,7,9,11H2,1-4H3. The lowest BCUT2D eigenvalue weighted by Crippen LogP contribution is -2.72. The highest BCUT2D eigenvalue weighted by Crippen LogP contribution is 2.85. The van der Waals surface area contributed by atoms with Gasteiger partial charge in [0.2, 0.25) is 0 Å². The first-order valence-electron chi connectivity index (χ1n) is 12.9. The molecule has 4 saturated carbocycles. The van der Waals surface area contributed by atoms with Crippen LogP contribution in [-0.2, 0) is 28.6 Å². The van der Waals surface area contributed by atoms with E-state index in [2.05, 4.69) is 0 Å². The Labute approximate surface area is 213 Å². The van der Waals surface area contributed by atoms with Gasteiger partial charge in [-0.1, -0.05) is 20.8 Å². The summed E-state index contributed by atoms with van der Waals surface area (Å²) in [5, 5.41) is 36.8. The Morgan fingerprint density at radius 2 is 1.95 bits per heavy atom. The summed E-state index contributed by atoms with van der Waals surface area (Å²) in [5.74, 6) is -4.55. The molecular weight excluding hydrogens is 484 g/mol. The third-order valence-corrected chi connectivity index (χ3v) is 11.9. The maximum absolute atomic E-state index is 14.2. The van der Waals surface area contributed by atoms with Crippen molar-refractivity contribution in [1.82, 2.24) is 0 Å². The molecule has 3 heterocycles. The number of methoxy groups -OCH3 is 1. The van der Waals surface area contributed by atoms with Gasteiger partial charge in [0.15, 0.2) is 11.9 Å². The van der Waals surface area contributed by atoms with E-state index in [-0.39, 0.29) is 18.6 Å². The molecule has 3 N–H and O–H groups in total. The number of Topliss-reactive ketones (excluding diaryl/α,β-unsaturated/α-hetero) is 1. The van der Waals surface area contributed by atoms with Crippen LogP contribution in [0.2, 0.25) is 0 Å². The van der Waals surface area contributed by atoms with E-state index in [4.69, 9.17) is 18.6 Å². The number of hydrogen-bond donors (Lipinski definition) is 3. The quantitative estimate of drug-likeness (QED) is 0.497. The summed E-state index contributed by atoms with van der Waals surface area (Å²) in [4.78, 5) is 40.1. The molecule has 1 aromatic rings. The number of carbonyl (C=O) groups excluding carboxylic acids is 3. The van der Waals surface area contributed by atoms with Gasteiger partial charge in [0.25, 0.3) is 0 Å². The van der Waals surface area contributed by atoms with E-state index >= 15 is 0 Å². The number of carbonyl (C=O) groups is 3. The Balaban J connectivity index is 1.49. The van der Waals surface area contributed by atoms with Gasteiger partial charge in [0.1, 0.15) is 23.4 Å². The van der Waals surface area contributed by atoms with Crippen LogP contribution in [0.15, 0.2) is 23.0 Å². The van der Waals surface area contributed by atoms with E-state index in [0.717, 1.165) is 7.11 Å². The second kappa shape index (κ2) is 6.47. The summed E-state index contributed by atoms with van der Waals surface area (Å²) < 4.78 is 22.7. The first-order chi connectivity index (χ1) is 17.3. The molecule has 6 aliphatic rings. The van der Waals surface area contributed by atoms with Crippen LogP contribution in [-0.4, -0.2) is 69.2 Å². The zero-order valence-electron chi connectivity index (χ0n) is 21.2. The van der Waals surface area contributed by atoms with Crippen LogP contribution in [0.25, 0.3) is 0 Å². The molecule has 0 aromatic carbocycles. The predicted octanol–water partition coefficient (Wildman–Crippen LogP) is 1.06. The third-order valence-electron chi connectivity index (χ3n) is 11.9. The van der Waals surface area contributed by atoms with Crippen LogP contribution in [0.3, 0.4) is 0 Å². The number of fused-ring (bicyclic) bond motifs is 2. The van der Waals surface area contributed by atoms with Crippen molar-refractivity contribution in [1.29, 1.82) is 0 Å². The fraction of sp³-hybridized carbons (Fsp3) is 0.741. The first kappa shape index (κ1) is 23.8. The minimum Gasteiger partial charge on any atom is -0.472 e. The first-order valence-corrected chi connectivity index (χ1v) is 12.9. The van der Waals surface area contributed by atoms with E-state index in [1.165, 1.54) is 12.5 Å². The van der Waals surface area contributed by atoms with Gasteiger partial charge in [0, 0.05) is 27.7 Å². The summed E-state index contributed by atoms with van der Waals surface area (Å²) in [7, 11) is 1.16. The summed E-state index contributed by atoms with van der Waals surface area (Å²) in [5.41, 5.74) is -7.81. The molecule has 4 aliphatic carbocycles. The number of ketones is 1. The van der Waals surface area contributed by atoms with Crippen LogP contribution >= 0.6 is 0 Å². The maximum Gasteiger partial charge on any atom is 0.335 e. The van der Waals surface area contributed by atoms with E-state index < -0.39 is 81.1 Å². The number of aliphatic hydroxyl groups excluding tert-OH is 1. The monoisotopic (exact) mass is 516 g/mol. The molecule has 10 heteroatoms. The highest BCUT2D eigenvalue weighted by atomic mass is 16.6. The van der Waals surface area contributed by atoms with Crippen molar-refractivity contribution in [2.45, 2.75) is 81.6 Å². The molecule has 2 bridgehead atoms. The fourth-order valence-electron chi connectivity index (χ4n) is 10.7. The molecule has 12 atom stereocenters. The molecule has 10 nitrogen and oxygen atoms in total. The molecule has 7 rings (SSSR count). The number of furan rings is 1. The van der Waals surface area contributed by atoms with Crippen molar-refractivity contribution in [2.24, 2.45) is 34.0 Å². The molecule has 2 saturated heterocycles. The number of aliphatic hydroxyl groups is 3. The summed E-state index contributed by atoms with van der Waals surface area (Å²) in [6.45, 7) is 5.34. The summed E-state index contributed by atoms with van der Waals surface area (Å²) in [6, 6.07) is 1.71. The lowest BCUT2D eigenvalue weighted by Gasteiger charge is -2.63. The van der Waals surface area contributed by atoms with E-state index in [1.807, 2.05) is 6.92 Å². The Kier molecular flexibility index (Phi) is 4.17. The molecule has 1 spiro atoms. The van der Waals surface area contributed by atoms with Crippen LogP contribution in [0.4, 0.5) is 0 Å². The number of esters is 2. The number of ether oxygens (including phenoxy) is 3.